The lowest BCUT2D eigenvalue weighted by Gasteiger charge is -2.02. The maximum atomic E-state index is 10.6. The standard InChI is InChI=1S/C12H12N2O2/c15-11(16)5-8-1-4-10-6-13-12(9-2-3-9)14(10)7-8/h1,4,6-7,9H,2-3,5H2,(H,15,16). The van der Waals surface area contributed by atoms with E-state index in [-0.39, 0.29) is 6.42 Å². The molecule has 4 nitrogen and oxygen atoms in total. The average Bonchev–Trinajstić information content (AvgIpc) is 2.98. The Morgan fingerprint density at radius 1 is 1.50 bits per heavy atom. The molecule has 1 saturated carbocycles. The predicted octanol–water partition coefficient (Wildman–Crippen LogP) is 1.84. The van der Waals surface area contributed by atoms with Gasteiger partial charge in [-0.15, -0.1) is 0 Å². The van der Waals surface area contributed by atoms with Crippen molar-refractivity contribution >= 4 is 11.5 Å². The highest BCUT2D eigenvalue weighted by molar-refractivity contribution is 5.70. The lowest BCUT2D eigenvalue weighted by molar-refractivity contribution is -0.136. The second-order valence-electron chi connectivity index (χ2n) is 4.29. The summed E-state index contributed by atoms with van der Waals surface area (Å²) in [6, 6.07) is 3.78. The number of nitrogens with zero attached hydrogens (tertiary/aromatic N) is 2. The number of hydrogen-bond donors (Lipinski definition) is 1. The third-order valence-corrected chi connectivity index (χ3v) is 2.92. The maximum Gasteiger partial charge on any atom is 0.307 e. The minimum atomic E-state index is -0.799. The minimum absolute atomic E-state index is 0.0677. The van der Waals surface area contributed by atoms with Crippen LogP contribution in [0.3, 0.4) is 0 Å². The highest BCUT2D eigenvalue weighted by Crippen LogP contribution is 2.39. The highest BCUT2D eigenvalue weighted by atomic mass is 16.4. The van der Waals surface area contributed by atoms with Crippen LogP contribution in [0.2, 0.25) is 0 Å². The molecular formula is C12H12N2O2. The van der Waals surface area contributed by atoms with E-state index in [4.69, 9.17) is 5.11 Å². The second kappa shape index (κ2) is 3.33. The molecule has 1 fully saturated rings. The van der Waals surface area contributed by atoms with Crippen LogP contribution in [0.4, 0.5) is 0 Å². The third kappa shape index (κ3) is 1.56. The molecule has 2 aromatic rings. The van der Waals surface area contributed by atoms with Crippen LogP contribution < -0.4 is 0 Å². The van der Waals surface area contributed by atoms with Gasteiger partial charge in [-0.1, -0.05) is 6.07 Å². The van der Waals surface area contributed by atoms with Crippen molar-refractivity contribution < 1.29 is 9.90 Å². The molecule has 4 heteroatoms. The van der Waals surface area contributed by atoms with Gasteiger partial charge in [-0.3, -0.25) is 4.79 Å². The zero-order valence-corrected chi connectivity index (χ0v) is 8.76. The largest absolute Gasteiger partial charge is 0.481 e. The van der Waals surface area contributed by atoms with E-state index in [9.17, 15) is 4.79 Å². The van der Waals surface area contributed by atoms with Crippen molar-refractivity contribution in [3.8, 4) is 0 Å². The Bertz CT molecular complexity index is 555. The van der Waals surface area contributed by atoms with Gasteiger partial charge in [0.2, 0.25) is 0 Å². The number of pyridine rings is 1. The van der Waals surface area contributed by atoms with Gasteiger partial charge in [0.25, 0.3) is 0 Å². The van der Waals surface area contributed by atoms with E-state index in [2.05, 4.69) is 4.98 Å². The molecule has 2 heterocycles. The number of aliphatic carboxylic acids is 1. The Kier molecular flexibility index (Phi) is 1.96. The summed E-state index contributed by atoms with van der Waals surface area (Å²) in [6.07, 6.45) is 6.20. The molecule has 82 valence electrons. The van der Waals surface area contributed by atoms with E-state index >= 15 is 0 Å². The van der Waals surface area contributed by atoms with Gasteiger partial charge in [0.1, 0.15) is 5.82 Å². The van der Waals surface area contributed by atoms with Crippen LogP contribution in [-0.4, -0.2) is 20.5 Å². The number of aromatic nitrogens is 2. The lowest BCUT2D eigenvalue weighted by atomic mass is 10.2. The van der Waals surface area contributed by atoms with Crippen molar-refractivity contribution in [2.75, 3.05) is 0 Å². The molecule has 1 aliphatic carbocycles. The summed E-state index contributed by atoms with van der Waals surface area (Å²) in [5, 5.41) is 8.76. The molecule has 0 atom stereocenters. The Hall–Kier alpha value is -1.84. The summed E-state index contributed by atoms with van der Waals surface area (Å²) < 4.78 is 2.02. The summed E-state index contributed by atoms with van der Waals surface area (Å²) in [5.74, 6) is 0.845. The van der Waals surface area contributed by atoms with Gasteiger partial charge >= 0.3 is 5.97 Å². The minimum Gasteiger partial charge on any atom is -0.481 e. The van der Waals surface area contributed by atoms with E-state index in [0.717, 1.165) is 16.9 Å². The summed E-state index contributed by atoms with van der Waals surface area (Å²) >= 11 is 0. The average molecular weight is 216 g/mol. The zero-order chi connectivity index (χ0) is 11.1. The number of carboxylic acids is 1. The third-order valence-electron chi connectivity index (χ3n) is 2.92. The Morgan fingerprint density at radius 2 is 2.31 bits per heavy atom. The Balaban J connectivity index is 2.06. The smallest absolute Gasteiger partial charge is 0.307 e. The maximum absolute atomic E-state index is 10.6. The highest BCUT2D eigenvalue weighted by Gasteiger charge is 2.27. The molecule has 2 aromatic heterocycles. The molecule has 0 radical (unpaired) electrons. The van der Waals surface area contributed by atoms with Gasteiger partial charge in [0.05, 0.1) is 18.1 Å². The lowest BCUT2D eigenvalue weighted by Crippen LogP contribution is -2.02. The van der Waals surface area contributed by atoms with E-state index in [1.807, 2.05) is 28.9 Å². The first-order chi connectivity index (χ1) is 7.74. The molecule has 1 N–H and O–H groups in total. The summed E-state index contributed by atoms with van der Waals surface area (Å²) in [5.41, 5.74) is 1.86. The molecule has 0 amide bonds. The summed E-state index contributed by atoms with van der Waals surface area (Å²) in [6.45, 7) is 0. The van der Waals surface area contributed by atoms with Gasteiger partial charge in [-0.25, -0.2) is 4.98 Å². The molecule has 16 heavy (non-hydrogen) atoms. The molecule has 0 unspecified atom stereocenters. The van der Waals surface area contributed by atoms with Gasteiger partial charge in [-0.05, 0) is 24.5 Å². The monoisotopic (exact) mass is 216 g/mol. The Labute approximate surface area is 92.5 Å². The van der Waals surface area contributed by atoms with Crippen molar-refractivity contribution in [2.24, 2.45) is 0 Å². The van der Waals surface area contributed by atoms with Crippen LogP contribution in [0.15, 0.2) is 24.5 Å². The van der Waals surface area contributed by atoms with E-state index < -0.39 is 5.97 Å². The van der Waals surface area contributed by atoms with Gasteiger partial charge in [-0.2, -0.15) is 0 Å². The fraction of sp³-hybridized carbons (Fsp3) is 0.333. The SMILES string of the molecule is O=C(O)Cc1ccc2cnc(C3CC3)n2c1. The van der Waals surface area contributed by atoms with Crippen molar-refractivity contribution in [3.63, 3.8) is 0 Å². The summed E-state index contributed by atoms with van der Waals surface area (Å²) in [7, 11) is 0. The topological polar surface area (TPSA) is 54.6 Å². The zero-order valence-electron chi connectivity index (χ0n) is 8.76. The van der Waals surface area contributed by atoms with Crippen molar-refractivity contribution in [3.05, 3.63) is 35.9 Å². The van der Waals surface area contributed by atoms with E-state index in [0.29, 0.717) is 5.92 Å². The molecule has 3 rings (SSSR count). The molecular weight excluding hydrogens is 204 g/mol. The quantitative estimate of drug-likeness (QED) is 0.851. The molecule has 0 aliphatic heterocycles. The molecule has 0 spiro atoms. The van der Waals surface area contributed by atoms with Crippen molar-refractivity contribution in [1.29, 1.82) is 0 Å². The van der Waals surface area contributed by atoms with Crippen LogP contribution in [0.25, 0.3) is 5.52 Å². The molecule has 0 aromatic carbocycles. The van der Waals surface area contributed by atoms with Crippen LogP contribution in [0, 0.1) is 0 Å². The van der Waals surface area contributed by atoms with E-state index in [1.54, 1.807) is 0 Å². The van der Waals surface area contributed by atoms with Crippen molar-refractivity contribution in [1.82, 2.24) is 9.38 Å². The first kappa shape index (κ1) is 9.39. The van der Waals surface area contributed by atoms with Gasteiger partial charge in [0, 0.05) is 12.1 Å². The number of carbonyl (C=O) groups is 1. The fourth-order valence-electron chi connectivity index (χ4n) is 1.98. The van der Waals surface area contributed by atoms with Crippen LogP contribution in [0.5, 0.6) is 0 Å². The first-order valence-electron chi connectivity index (χ1n) is 5.42. The van der Waals surface area contributed by atoms with Crippen LogP contribution in [-0.2, 0) is 11.2 Å². The van der Waals surface area contributed by atoms with Crippen LogP contribution in [0.1, 0.15) is 30.1 Å². The number of carboxylic acid groups (broad SMARTS) is 1. The summed E-state index contributed by atoms with van der Waals surface area (Å²) in [4.78, 5) is 15.0. The normalized spacial score (nSPS) is 15.5. The van der Waals surface area contributed by atoms with Crippen molar-refractivity contribution in [2.45, 2.75) is 25.2 Å². The fourth-order valence-corrected chi connectivity index (χ4v) is 1.98. The second-order valence-corrected chi connectivity index (χ2v) is 4.29. The number of fused-ring (bicyclic) bond motifs is 1. The van der Waals surface area contributed by atoms with E-state index in [1.165, 1.54) is 12.8 Å². The number of imidazole rings is 1. The Morgan fingerprint density at radius 3 is 3.00 bits per heavy atom. The first-order valence-corrected chi connectivity index (χ1v) is 5.42. The van der Waals surface area contributed by atoms with Crippen LogP contribution >= 0.6 is 0 Å². The number of hydrogen-bond acceptors (Lipinski definition) is 2. The van der Waals surface area contributed by atoms with Gasteiger partial charge < -0.3 is 9.51 Å². The molecule has 0 saturated heterocycles. The molecule has 0 bridgehead atoms. The van der Waals surface area contributed by atoms with Gasteiger partial charge in [0.15, 0.2) is 0 Å². The molecule has 1 aliphatic rings. The predicted molar refractivity (Wildman–Crippen MR) is 58.5 cm³/mol. The number of rotatable bonds is 3.